The van der Waals surface area contributed by atoms with Crippen molar-refractivity contribution in [1.82, 2.24) is 0 Å². The number of rotatable bonds is 3. The van der Waals surface area contributed by atoms with E-state index in [1.165, 1.54) is 5.56 Å². The molecule has 0 saturated heterocycles. The molecule has 0 N–H and O–H groups in total. The van der Waals surface area contributed by atoms with E-state index in [1.807, 2.05) is 30.0 Å². The lowest BCUT2D eigenvalue weighted by Crippen LogP contribution is -2.35. The second kappa shape index (κ2) is 4.80. The summed E-state index contributed by atoms with van der Waals surface area (Å²) in [7, 11) is 0. The van der Waals surface area contributed by atoms with Crippen LogP contribution < -0.4 is 4.90 Å². The molecule has 1 aliphatic heterocycles. The molecular weight excluding hydrogens is 238 g/mol. The molecule has 1 amide bonds. The smallest absolute Gasteiger partial charge is 0.226 e. The topological polar surface area (TPSA) is 37.4 Å². The molecule has 19 heavy (non-hydrogen) atoms. The van der Waals surface area contributed by atoms with E-state index in [0.717, 1.165) is 43.5 Å². The second-order valence-corrected chi connectivity index (χ2v) is 5.48. The molecule has 0 unspecified atom stereocenters. The number of carbonyl (C=O) groups is 2. The van der Waals surface area contributed by atoms with Crippen molar-refractivity contribution in [2.24, 2.45) is 5.92 Å². The SMILES string of the molecule is CCC(=O)N1CCCc2ccc(C(=O)C3CC3)cc21. The minimum absolute atomic E-state index is 0.150. The highest BCUT2D eigenvalue weighted by Crippen LogP contribution is 2.35. The van der Waals surface area contributed by atoms with E-state index in [1.54, 1.807) is 0 Å². The Bertz CT molecular complexity index is 532. The fourth-order valence-corrected chi connectivity index (χ4v) is 2.76. The zero-order valence-electron chi connectivity index (χ0n) is 11.3. The molecule has 3 nitrogen and oxygen atoms in total. The Labute approximate surface area is 113 Å². The number of carbonyl (C=O) groups excluding carboxylic acids is 2. The molecule has 1 aromatic rings. The maximum absolute atomic E-state index is 12.1. The number of aryl methyl sites for hydroxylation is 1. The van der Waals surface area contributed by atoms with Gasteiger partial charge in [0, 0.05) is 30.1 Å². The number of Topliss-reactive ketones (excluding diaryl/α,β-unsaturated/α-hetero) is 1. The number of fused-ring (bicyclic) bond motifs is 1. The van der Waals surface area contributed by atoms with Crippen LogP contribution in [0.1, 0.15) is 48.5 Å². The lowest BCUT2D eigenvalue weighted by molar-refractivity contribution is -0.118. The lowest BCUT2D eigenvalue weighted by atomic mass is 9.97. The van der Waals surface area contributed by atoms with Gasteiger partial charge in [0.05, 0.1) is 0 Å². The van der Waals surface area contributed by atoms with Gasteiger partial charge in [-0.1, -0.05) is 19.1 Å². The van der Waals surface area contributed by atoms with E-state index in [2.05, 4.69) is 0 Å². The average molecular weight is 257 g/mol. The predicted molar refractivity (Wildman–Crippen MR) is 74.5 cm³/mol. The molecule has 0 radical (unpaired) electrons. The van der Waals surface area contributed by atoms with Crippen LogP contribution in [0.5, 0.6) is 0 Å². The molecule has 0 bridgehead atoms. The molecular formula is C16H19NO2. The molecule has 0 aromatic heterocycles. The summed E-state index contributed by atoms with van der Waals surface area (Å²) in [5.41, 5.74) is 2.93. The zero-order chi connectivity index (χ0) is 13.4. The van der Waals surface area contributed by atoms with Crippen LogP contribution in [0.15, 0.2) is 18.2 Å². The number of benzene rings is 1. The van der Waals surface area contributed by atoms with Gasteiger partial charge in [0.15, 0.2) is 5.78 Å². The molecule has 1 heterocycles. The van der Waals surface area contributed by atoms with Crippen LogP contribution >= 0.6 is 0 Å². The van der Waals surface area contributed by atoms with E-state index in [-0.39, 0.29) is 17.6 Å². The van der Waals surface area contributed by atoms with Crippen LogP contribution in [0, 0.1) is 5.92 Å². The Kier molecular flexibility index (Phi) is 3.13. The predicted octanol–water partition coefficient (Wildman–Crippen LogP) is 2.97. The van der Waals surface area contributed by atoms with Crippen LogP contribution in [-0.2, 0) is 11.2 Å². The zero-order valence-corrected chi connectivity index (χ0v) is 11.3. The standard InChI is InChI=1S/C16H19NO2/c1-2-15(18)17-9-3-4-11-5-8-13(10-14(11)17)16(19)12-6-7-12/h5,8,10,12H,2-4,6-7,9H2,1H3. The minimum Gasteiger partial charge on any atom is -0.312 e. The van der Waals surface area contributed by atoms with E-state index in [0.29, 0.717) is 6.42 Å². The van der Waals surface area contributed by atoms with Gasteiger partial charge < -0.3 is 4.90 Å². The van der Waals surface area contributed by atoms with Crippen molar-refractivity contribution in [3.63, 3.8) is 0 Å². The summed E-state index contributed by atoms with van der Waals surface area (Å²) in [4.78, 5) is 26.0. The number of ketones is 1. The summed E-state index contributed by atoms with van der Waals surface area (Å²) in [6.07, 6.45) is 4.57. The summed E-state index contributed by atoms with van der Waals surface area (Å²) < 4.78 is 0. The van der Waals surface area contributed by atoms with Crippen LogP contribution in [0.3, 0.4) is 0 Å². The summed E-state index contributed by atoms with van der Waals surface area (Å²) in [6, 6.07) is 5.89. The fraction of sp³-hybridized carbons (Fsp3) is 0.500. The van der Waals surface area contributed by atoms with Gasteiger partial charge in [-0.25, -0.2) is 0 Å². The van der Waals surface area contributed by atoms with Gasteiger partial charge in [0.2, 0.25) is 5.91 Å². The molecule has 3 rings (SSSR count). The van der Waals surface area contributed by atoms with Gasteiger partial charge in [0.1, 0.15) is 0 Å². The highest BCUT2D eigenvalue weighted by atomic mass is 16.2. The third kappa shape index (κ3) is 2.29. The third-order valence-corrected chi connectivity index (χ3v) is 4.04. The highest BCUT2D eigenvalue weighted by Gasteiger charge is 2.31. The maximum atomic E-state index is 12.1. The molecule has 1 saturated carbocycles. The van der Waals surface area contributed by atoms with Crippen molar-refractivity contribution < 1.29 is 9.59 Å². The van der Waals surface area contributed by atoms with Crippen LogP contribution in [0.2, 0.25) is 0 Å². The largest absolute Gasteiger partial charge is 0.312 e. The normalized spacial score (nSPS) is 18.1. The molecule has 100 valence electrons. The van der Waals surface area contributed by atoms with Gasteiger partial charge in [-0.3, -0.25) is 9.59 Å². The minimum atomic E-state index is 0.150. The van der Waals surface area contributed by atoms with Crippen LogP contribution in [-0.4, -0.2) is 18.2 Å². The van der Waals surface area contributed by atoms with Crippen molar-refractivity contribution in [3.8, 4) is 0 Å². The first-order chi connectivity index (χ1) is 9.20. The lowest BCUT2D eigenvalue weighted by Gasteiger charge is -2.29. The quantitative estimate of drug-likeness (QED) is 0.781. The maximum Gasteiger partial charge on any atom is 0.226 e. The van der Waals surface area contributed by atoms with Crippen molar-refractivity contribution in [2.45, 2.75) is 39.0 Å². The summed E-state index contributed by atoms with van der Waals surface area (Å²) in [6.45, 7) is 2.66. The molecule has 1 aromatic carbocycles. The van der Waals surface area contributed by atoms with Gasteiger partial charge in [0.25, 0.3) is 0 Å². The second-order valence-electron chi connectivity index (χ2n) is 5.48. The Balaban J connectivity index is 1.96. The number of anilines is 1. The Morgan fingerprint density at radius 3 is 2.79 bits per heavy atom. The molecule has 3 heteroatoms. The molecule has 1 aliphatic carbocycles. The van der Waals surface area contributed by atoms with Gasteiger partial charge >= 0.3 is 0 Å². The van der Waals surface area contributed by atoms with Crippen molar-refractivity contribution in [1.29, 1.82) is 0 Å². The number of hydrogen-bond acceptors (Lipinski definition) is 2. The summed E-state index contributed by atoms with van der Waals surface area (Å²) in [5.74, 6) is 0.631. The first-order valence-electron chi connectivity index (χ1n) is 7.18. The average Bonchev–Trinajstić information content (AvgIpc) is 3.29. The first-order valence-corrected chi connectivity index (χ1v) is 7.18. The molecule has 1 fully saturated rings. The van der Waals surface area contributed by atoms with Gasteiger partial charge in [-0.2, -0.15) is 0 Å². The fourth-order valence-electron chi connectivity index (χ4n) is 2.76. The molecule has 0 spiro atoms. The van der Waals surface area contributed by atoms with Crippen LogP contribution in [0.25, 0.3) is 0 Å². The van der Waals surface area contributed by atoms with Crippen molar-refractivity contribution >= 4 is 17.4 Å². The van der Waals surface area contributed by atoms with Crippen molar-refractivity contribution in [2.75, 3.05) is 11.4 Å². The Morgan fingerprint density at radius 1 is 1.32 bits per heavy atom. The Hall–Kier alpha value is -1.64. The van der Waals surface area contributed by atoms with E-state index < -0.39 is 0 Å². The van der Waals surface area contributed by atoms with E-state index >= 15 is 0 Å². The van der Waals surface area contributed by atoms with E-state index in [4.69, 9.17) is 0 Å². The monoisotopic (exact) mass is 257 g/mol. The summed E-state index contributed by atoms with van der Waals surface area (Å²) >= 11 is 0. The third-order valence-electron chi connectivity index (χ3n) is 4.04. The van der Waals surface area contributed by atoms with Gasteiger partial charge in [-0.15, -0.1) is 0 Å². The highest BCUT2D eigenvalue weighted by molar-refractivity contribution is 6.02. The molecule has 0 atom stereocenters. The van der Waals surface area contributed by atoms with Crippen LogP contribution in [0.4, 0.5) is 5.69 Å². The van der Waals surface area contributed by atoms with Gasteiger partial charge in [-0.05, 0) is 37.3 Å². The number of hydrogen-bond donors (Lipinski definition) is 0. The van der Waals surface area contributed by atoms with E-state index in [9.17, 15) is 9.59 Å². The number of amides is 1. The molecule has 2 aliphatic rings. The van der Waals surface area contributed by atoms with Crippen molar-refractivity contribution in [3.05, 3.63) is 29.3 Å². The first kappa shape index (κ1) is 12.4. The summed E-state index contributed by atoms with van der Waals surface area (Å²) in [5, 5.41) is 0. The number of nitrogens with zero attached hydrogens (tertiary/aromatic N) is 1. The Morgan fingerprint density at radius 2 is 2.11 bits per heavy atom.